The summed E-state index contributed by atoms with van der Waals surface area (Å²) in [6.07, 6.45) is 3.65. The summed E-state index contributed by atoms with van der Waals surface area (Å²) >= 11 is 1.62. The van der Waals surface area contributed by atoms with Crippen LogP contribution in [-0.4, -0.2) is 15.0 Å². The highest BCUT2D eigenvalue weighted by molar-refractivity contribution is 7.18. The molecule has 0 aliphatic rings. The maximum absolute atomic E-state index is 5.44. The van der Waals surface area contributed by atoms with Gasteiger partial charge in [-0.2, -0.15) is 4.98 Å². The molecule has 108 valence electrons. The molecule has 0 radical (unpaired) electrons. The summed E-state index contributed by atoms with van der Waals surface area (Å²) in [5.74, 6) is 6.64. The summed E-state index contributed by atoms with van der Waals surface area (Å²) < 4.78 is 0. The van der Waals surface area contributed by atoms with Crippen LogP contribution < -0.4 is 16.6 Å². The zero-order valence-electron chi connectivity index (χ0n) is 11.8. The van der Waals surface area contributed by atoms with Crippen LogP contribution >= 0.6 is 11.3 Å². The van der Waals surface area contributed by atoms with Crippen LogP contribution in [0.2, 0.25) is 0 Å². The number of rotatable bonds is 4. The van der Waals surface area contributed by atoms with Crippen molar-refractivity contribution in [2.75, 3.05) is 10.7 Å². The molecule has 0 saturated carbocycles. The van der Waals surface area contributed by atoms with Gasteiger partial charge in [0, 0.05) is 23.8 Å². The van der Waals surface area contributed by atoms with Crippen molar-refractivity contribution >= 4 is 33.3 Å². The minimum Gasteiger partial charge on any atom is -0.365 e. The van der Waals surface area contributed by atoms with Gasteiger partial charge in [-0.3, -0.25) is 10.4 Å². The van der Waals surface area contributed by atoms with E-state index in [4.69, 9.17) is 5.84 Å². The van der Waals surface area contributed by atoms with Crippen molar-refractivity contribution in [2.24, 2.45) is 5.84 Å². The number of aryl methyl sites for hydroxylation is 2. The van der Waals surface area contributed by atoms with E-state index in [9.17, 15) is 0 Å². The number of anilines is 2. The van der Waals surface area contributed by atoms with Gasteiger partial charge >= 0.3 is 0 Å². The van der Waals surface area contributed by atoms with Gasteiger partial charge in [0.1, 0.15) is 10.6 Å². The number of nitrogens with zero attached hydrogens (tertiary/aromatic N) is 3. The lowest BCUT2D eigenvalue weighted by Gasteiger charge is -2.10. The number of pyridine rings is 1. The van der Waals surface area contributed by atoms with Crippen LogP contribution in [0.15, 0.2) is 24.5 Å². The molecule has 0 aliphatic heterocycles. The van der Waals surface area contributed by atoms with Gasteiger partial charge in [-0.1, -0.05) is 0 Å². The van der Waals surface area contributed by atoms with Crippen molar-refractivity contribution in [3.63, 3.8) is 0 Å². The summed E-state index contributed by atoms with van der Waals surface area (Å²) in [5.41, 5.74) is 4.85. The first-order valence-corrected chi connectivity index (χ1v) is 7.37. The molecule has 7 heteroatoms. The molecule has 0 atom stereocenters. The van der Waals surface area contributed by atoms with Crippen molar-refractivity contribution in [3.8, 4) is 0 Å². The van der Waals surface area contributed by atoms with E-state index in [1.807, 2.05) is 19.2 Å². The summed E-state index contributed by atoms with van der Waals surface area (Å²) in [7, 11) is 0. The van der Waals surface area contributed by atoms with Crippen LogP contribution in [0.5, 0.6) is 0 Å². The fraction of sp³-hybridized carbons (Fsp3) is 0.214. The van der Waals surface area contributed by atoms with E-state index < -0.39 is 0 Å². The molecule has 0 aromatic carbocycles. The first kappa shape index (κ1) is 13.7. The number of hydrogen-bond acceptors (Lipinski definition) is 7. The van der Waals surface area contributed by atoms with Crippen molar-refractivity contribution in [1.82, 2.24) is 15.0 Å². The normalized spacial score (nSPS) is 10.8. The minimum atomic E-state index is 0.415. The van der Waals surface area contributed by atoms with Gasteiger partial charge in [0.05, 0.1) is 5.39 Å². The first-order valence-electron chi connectivity index (χ1n) is 6.55. The van der Waals surface area contributed by atoms with E-state index in [0.29, 0.717) is 12.5 Å². The number of nitrogens with two attached hydrogens (primary N) is 1. The second kappa shape index (κ2) is 5.63. The second-order valence-electron chi connectivity index (χ2n) is 4.77. The Morgan fingerprint density at radius 2 is 2.14 bits per heavy atom. The predicted molar refractivity (Wildman–Crippen MR) is 86.3 cm³/mol. The topological polar surface area (TPSA) is 88.8 Å². The van der Waals surface area contributed by atoms with Gasteiger partial charge in [0.25, 0.3) is 0 Å². The molecule has 3 aromatic rings. The minimum absolute atomic E-state index is 0.415. The molecular weight excluding hydrogens is 284 g/mol. The van der Waals surface area contributed by atoms with Gasteiger partial charge < -0.3 is 5.32 Å². The van der Waals surface area contributed by atoms with E-state index >= 15 is 0 Å². The third-order valence-electron chi connectivity index (χ3n) is 3.23. The molecule has 6 nitrogen and oxygen atoms in total. The molecule has 0 aliphatic carbocycles. The first-order chi connectivity index (χ1) is 10.2. The van der Waals surface area contributed by atoms with Crippen LogP contribution in [0.25, 0.3) is 10.2 Å². The number of aromatic nitrogens is 3. The zero-order valence-corrected chi connectivity index (χ0v) is 12.7. The van der Waals surface area contributed by atoms with Gasteiger partial charge in [-0.15, -0.1) is 11.3 Å². The summed E-state index contributed by atoms with van der Waals surface area (Å²) in [6.45, 7) is 4.78. The Bertz CT molecular complexity index is 782. The Kier molecular flexibility index (Phi) is 3.68. The Labute approximate surface area is 126 Å². The zero-order chi connectivity index (χ0) is 14.8. The molecule has 0 fully saturated rings. The highest BCUT2D eigenvalue weighted by Gasteiger charge is 2.10. The van der Waals surface area contributed by atoms with Gasteiger partial charge in [0.15, 0.2) is 0 Å². The molecule has 0 unspecified atom stereocenters. The van der Waals surface area contributed by atoms with Gasteiger partial charge in [-0.05, 0) is 37.1 Å². The van der Waals surface area contributed by atoms with Gasteiger partial charge in [-0.25, -0.2) is 10.8 Å². The molecule has 21 heavy (non-hydrogen) atoms. The van der Waals surface area contributed by atoms with E-state index in [0.717, 1.165) is 21.6 Å². The van der Waals surface area contributed by atoms with Crippen molar-refractivity contribution < 1.29 is 0 Å². The van der Waals surface area contributed by atoms with Crippen LogP contribution in [0, 0.1) is 13.8 Å². The lowest BCUT2D eigenvalue weighted by molar-refractivity contribution is 1.06. The SMILES string of the molecule is Cc1cc2c(NCc3ccncc3C)nc(NN)nc2s1. The number of thiophene rings is 1. The Balaban J connectivity index is 1.94. The van der Waals surface area contributed by atoms with E-state index in [-0.39, 0.29) is 0 Å². The molecule has 0 amide bonds. The van der Waals surface area contributed by atoms with Crippen LogP contribution in [-0.2, 0) is 6.54 Å². The number of hydrogen-bond donors (Lipinski definition) is 3. The predicted octanol–water partition coefficient (Wildman–Crippen LogP) is 2.60. The average Bonchev–Trinajstić information content (AvgIpc) is 2.86. The molecule has 3 aromatic heterocycles. The summed E-state index contributed by atoms with van der Waals surface area (Å²) in [4.78, 5) is 15.0. The van der Waals surface area contributed by atoms with Crippen LogP contribution in [0.3, 0.4) is 0 Å². The number of nitrogen functional groups attached to an aromatic ring is 1. The third-order valence-corrected chi connectivity index (χ3v) is 4.17. The van der Waals surface area contributed by atoms with Crippen molar-refractivity contribution in [3.05, 3.63) is 40.5 Å². The number of fused-ring (bicyclic) bond motifs is 1. The van der Waals surface area contributed by atoms with E-state index in [2.05, 4.69) is 38.7 Å². The molecule has 3 heterocycles. The number of nitrogens with one attached hydrogen (secondary N) is 2. The largest absolute Gasteiger partial charge is 0.365 e. The smallest absolute Gasteiger partial charge is 0.240 e. The maximum atomic E-state index is 5.44. The summed E-state index contributed by atoms with van der Waals surface area (Å²) in [5, 5.41) is 4.38. The molecule has 0 spiro atoms. The highest BCUT2D eigenvalue weighted by Crippen LogP contribution is 2.29. The van der Waals surface area contributed by atoms with E-state index in [1.54, 1.807) is 17.5 Å². The number of hydrazine groups is 1. The molecular formula is C14H16N6S. The fourth-order valence-corrected chi connectivity index (χ4v) is 3.00. The second-order valence-corrected chi connectivity index (χ2v) is 6.01. The Hall–Kier alpha value is -2.25. The molecule has 0 saturated heterocycles. The molecule has 0 bridgehead atoms. The third kappa shape index (κ3) is 2.79. The van der Waals surface area contributed by atoms with Crippen LogP contribution in [0.4, 0.5) is 11.8 Å². The molecule has 4 N–H and O–H groups in total. The fourth-order valence-electron chi connectivity index (χ4n) is 2.12. The average molecular weight is 300 g/mol. The quantitative estimate of drug-likeness (QED) is 0.507. The Morgan fingerprint density at radius 1 is 1.29 bits per heavy atom. The monoisotopic (exact) mass is 300 g/mol. The maximum Gasteiger partial charge on any atom is 0.240 e. The summed E-state index contributed by atoms with van der Waals surface area (Å²) in [6, 6.07) is 4.09. The standard InChI is InChI=1S/C14H16N6S/c1-8-6-16-4-3-10(8)7-17-12-11-5-9(2)21-13(11)19-14(18-12)20-15/h3-6H,7,15H2,1-2H3,(H2,17,18,19,20). The highest BCUT2D eigenvalue weighted by atomic mass is 32.1. The van der Waals surface area contributed by atoms with Crippen molar-refractivity contribution in [1.29, 1.82) is 0 Å². The van der Waals surface area contributed by atoms with Gasteiger partial charge in [0.2, 0.25) is 5.95 Å². The van der Waals surface area contributed by atoms with E-state index in [1.165, 1.54) is 10.4 Å². The molecule has 3 rings (SSSR count). The Morgan fingerprint density at radius 3 is 2.90 bits per heavy atom. The van der Waals surface area contributed by atoms with Crippen LogP contribution in [0.1, 0.15) is 16.0 Å². The lowest BCUT2D eigenvalue weighted by atomic mass is 10.1. The van der Waals surface area contributed by atoms with Crippen molar-refractivity contribution in [2.45, 2.75) is 20.4 Å². The lowest BCUT2D eigenvalue weighted by Crippen LogP contribution is -2.12.